The van der Waals surface area contributed by atoms with Gasteiger partial charge < -0.3 is 0 Å². The van der Waals surface area contributed by atoms with Gasteiger partial charge in [-0.2, -0.15) is 0 Å². The number of hydrogen-bond acceptors (Lipinski definition) is 0. The van der Waals surface area contributed by atoms with E-state index in [0.717, 1.165) is 12.3 Å². The highest BCUT2D eigenvalue weighted by Crippen LogP contribution is 2.40. The van der Waals surface area contributed by atoms with Crippen molar-refractivity contribution in [2.24, 2.45) is 5.41 Å². The van der Waals surface area contributed by atoms with Crippen LogP contribution in [0.1, 0.15) is 20.8 Å². The molecule has 0 aromatic rings. The van der Waals surface area contributed by atoms with E-state index in [0.29, 0.717) is 5.41 Å². The molecule has 0 saturated carbocycles. The summed E-state index contributed by atoms with van der Waals surface area (Å²) in [4.78, 5) is 0. The number of terminal acetylenes is 2. The van der Waals surface area contributed by atoms with Gasteiger partial charge in [0.2, 0.25) is 0 Å². The van der Waals surface area contributed by atoms with E-state index in [1.807, 2.05) is 0 Å². The van der Waals surface area contributed by atoms with Crippen LogP contribution >= 0.6 is 7.92 Å². The van der Waals surface area contributed by atoms with E-state index in [9.17, 15) is 0 Å². The maximum absolute atomic E-state index is 5.28. The Morgan fingerprint density at radius 2 is 1.50 bits per heavy atom. The minimum absolute atomic E-state index is 0.121. The summed E-state index contributed by atoms with van der Waals surface area (Å²) >= 11 is 0. The Hall–Kier alpha value is -0.450. The third kappa shape index (κ3) is 6.27. The van der Waals surface area contributed by atoms with Crippen LogP contribution in [-0.4, -0.2) is 18.5 Å². The molecule has 0 amide bonds. The first-order chi connectivity index (χ1) is 5.49. The Kier molecular flexibility index (Phi) is 5.04. The van der Waals surface area contributed by atoms with Crippen LogP contribution in [0.5, 0.6) is 0 Å². The molecule has 0 aromatic carbocycles. The molecular formula is C11H17P. The Labute approximate surface area is 77.9 Å². The molecular weight excluding hydrogens is 163 g/mol. The van der Waals surface area contributed by atoms with Crippen molar-refractivity contribution in [3.63, 3.8) is 0 Å². The van der Waals surface area contributed by atoms with Crippen molar-refractivity contribution in [2.75, 3.05) is 18.5 Å². The lowest BCUT2D eigenvalue weighted by Crippen LogP contribution is -2.11. The summed E-state index contributed by atoms with van der Waals surface area (Å²) in [5.74, 6) is 5.42. The highest BCUT2D eigenvalue weighted by atomic mass is 31.1. The van der Waals surface area contributed by atoms with Crippen LogP contribution in [0.25, 0.3) is 0 Å². The van der Waals surface area contributed by atoms with Gasteiger partial charge in [-0.15, -0.1) is 24.7 Å². The molecule has 66 valence electrons. The van der Waals surface area contributed by atoms with Crippen LogP contribution in [0.3, 0.4) is 0 Å². The molecule has 0 rings (SSSR count). The molecule has 1 heteroatoms. The van der Waals surface area contributed by atoms with Crippen LogP contribution in [0.4, 0.5) is 0 Å². The second-order valence-electron chi connectivity index (χ2n) is 4.11. The van der Waals surface area contributed by atoms with Crippen LogP contribution in [-0.2, 0) is 0 Å². The Morgan fingerprint density at radius 3 is 1.75 bits per heavy atom. The Bertz CT molecular complexity index is 181. The third-order valence-corrected chi connectivity index (χ3v) is 3.98. The second-order valence-corrected chi connectivity index (χ2v) is 6.40. The molecule has 0 unspecified atom stereocenters. The summed E-state index contributed by atoms with van der Waals surface area (Å²) in [7, 11) is -0.121. The van der Waals surface area contributed by atoms with E-state index >= 15 is 0 Å². The zero-order valence-electron chi connectivity index (χ0n) is 8.22. The molecule has 0 nitrogen and oxygen atoms in total. The van der Waals surface area contributed by atoms with Crippen molar-refractivity contribution >= 4 is 7.92 Å². The minimum atomic E-state index is -0.121. The van der Waals surface area contributed by atoms with E-state index in [2.05, 4.69) is 32.6 Å². The fourth-order valence-corrected chi connectivity index (χ4v) is 3.29. The molecule has 0 N–H and O–H groups in total. The van der Waals surface area contributed by atoms with Crippen molar-refractivity contribution < 1.29 is 0 Å². The van der Waals surface area contributed by atoms with E-state index in [1.165, 1.54) is 6.16 Å². The summed E-state index contributed by atoms with van der Waals surface area (Å²) in [6, 6.07) is 0. The first-order valence-corrected chi connectivity index (χ1v) is 5.98. The van der Waals surface area contributed by atoms with Gasteiger partial charge in [-0.3, -0.25) is 0 Å². The van der Waals surface area contributed by atoms with Crippen molar-refractivity contribution in [1.29, 1.82) is 0 Å². The average molecular weight is 180 g/mol. The SMILES string of the molecule is C#CCP(CC#C)CC(C)(C)C. The monoisotopic (exact) mass is 180 g/mol. The van der Waals surface area contributed by atoms with Gasteiger partial charge in [-0.25, -0.2) is 0 Å². The molecule has 0 aromatic heterocycles. The van der Waals surface area contributed by atoms with Crippen LogP contribution < -0.4 is 0 Å². The highest BCUT2D eigenvalue weighted by Gasteiger charge is 2.16. The van der Waals surface area contributed by atoms with E-state index in [1.54, 1.807) is 0 Å². The van der Waals surface area contributed by atoms with Crippen LogP contribution in [0.2, 0.25) is 0 Å². The molecule has 0 fully saturated rings. The molecule has 0 atom stereocenters. The molecule has 0 bridgehead atoms. The van der Waals surface area contributed by atoms with E-state index in [4.69, 9.17) is 12.8 Å². The second kappa shape index (κ2) is 5.24. The van der Waals surface area contributed by atoms with Gasteiger partial charge in [0.1, 0.15) is 0 Å². The summed E-state index contributed by atoms with van der Waals surface area (Å²) in [5, 5.41) is 0. The molecule has 0 aliphatic heterocycles. The Morgan fingerprint density at radius 1 is 1.08 bits per heavy atom. The van der Waals surface area contributed by atoms with Crippen molar-refractivity contribution in [3.05, 3.63) is 0 Å². The molecule has 0 heterocycles. The molecule has 0 saturated heterocycles. The average Bonchev–Trinajstić information content (AvgIpc) is 1.84. The van der Waals surface area contributed by atoms with Gasteiger partial charge in [0, 0.05) is 12.3 Å². The normalized spacial score (nSPS) is 10.8. The molecule has 0 aliphatic rings. The fourth-order valence-electron chi connectivity index (χ4n) is 1.10. The molecule has 12 heavy (non-hydrogen) atoms. The van der Waals surface area contributed by atoms with Crippen molar-refractivity contribution in [3.8, 4) is 24.7 Å². The van der Waals surface area contributed by atoms with E-state index in [-0.39, 0.29) is 7.92 Å². The van der Waals surface area contributed by atoms with Gasteiger partial charge in [-0.1, -0.05) is 28.7 Å². The standard InChI is InChI=1S/C11H17P/c1-6-8-12(9-7-2)10-11(3,4)5/h1-2H,8-10H2,3-5H3. The van der Waals surface area contributed by atoms with E-state index < -0.39 is 0 Å². The lowest BCUT2D eigenvalue weighted by Gasteiger charge is -2.23. The summed E-state index contributed by atoms with van der Waals surface area (Å²) in [6.45, 7) is 6.69. The van der Waals surface area contributed by atoms with Crippen LogP contribution in [0.15, 0.2) is 0 Å². The molecule has 0 radical (unpaired) electrons. The molecule has 0 aliphatic carbocycles. The predicted octanol–water partition coefficient (Wildman–Crippen LogP) is 2.78. The van der Waals surface area contributed by atoms with Gasteiger partial charge in [0.05, 0.1) is 0 Å². The van der Waals surface area contributed by atoms with Gasteiger partial charge in [0.15, 0.2) is 0 Å². The van der Waals surface area contributed by atoms with Crippen molar-refractivity contribution in [1.82, 2.24) is 0 Å². The first kappa shape index (κ1) is 11.6. The zero-order valence-corrected chi connectivity index (χ0v) is 9.12. The summed E-state index contributed by atoms with van der Waals surface area (Å²) in [6.07, 6.45) is 13.5. The molecule has 0 spiro atoms. The predicted molar refractivity (Wildman–Crippen MR) is 58.6 cm³/mol. The third-order valence-electron chi connectivity index (χ3n) is 1.33. The van der Waals surface area contributed by atoms with Crippen LogP contribution in [0, 0.1) is 30.1 Å². The van der Waals surface area contributed by atoms with Gasteiger partial charge in [0.25, 0.3) is 0 Å². The lowest BCUT2D eigenvalue weighted by molar-refractivity contribution is 0.477. The lowest BCUT2D eigenvalue weighted by atomic mass is 10.0. The number of rotatable bonds is 3. The first-order valence-electron chi connectivity index (χ1n) is 4.09. The number of hydrogen-bond donors (Lipinski definition) is 0. The minimum Gasteiger partial charge on any atom is -0.120 e. The van der Waals surface area contributed by atoms with Gasteiger partial charge in [-0.05, 0) is 11.6 Å². The fraction of sp³-hybridized carbons (Fsp3) is 0.636. The highest BCUT2D eigenvalue weighted by molar-refractivity contribution is 7.58. The quantitative estimate of drug-likeness (QED) is 0.463. The summed E-state index contributed by atoms with van der Waals surface area (Å²) in [5.41, 5.74) is 0.361. The Balaban J connectivity index is 3.99. The summed E-state index contributed by atoms with van der Waals surface area (Å²) < 4.78 is 0. The maximum atomic E-state index is 5.28. The largest absolute Gasteiger partial charge is 0.120 e. The van der Waals surface area contributed by atoms with Gasteiger partial charge >= 0.3 is 0 Å². The maximum Gasteiger partial charge on any atom is 0.0298 e. The zero-order chi connectivity index (χ0) is 9.61. The smallest absolute Gasteiger partial charge is 0.0298 e. The van der Waals surface area contributed by atoms with Crippen molar-refractivity contribution in [2.45, 2.75) is 20.8 Å². The topological polar surface area (TPSA) is 0 Å².